The lowest BCUT2D eigenvalue weighted by Gasteiger charge is -2.33. The molecular formula is C23H28ClF2N3O4S. The number of sulfonamides is 1. The van der Waals surface area contributed by atoms with Crippen molar-refractivity contribution < 1.29 is 26.8 Å². The Labute approximate surface area is 203 Å². The van der Waals surface area contributed by atoms with Gasteiger partial charge >= 0.3 is 0 Å². The topological polar surface area (TPSA) is 86.8 Å². The SMILES string of the molecule is C[C@H](C(=O)NC(C)(C)C)N(Cc1ccccc1Cl)C(=O)CN(c1ccc(F)c(F)c1)S(C)(=O)=O. The lowest BCUT2D eigenvalue weighted by atomic mass is 10.1. The van der Waals surface area contributed by atoms with Crippen LogP contribution in [0.2, 0.25) is 5.02 Å². The van der Waals surface area contributed by atoms with E-state index in [1.165, 1.54) is 11.8 Å². The monoisotopic (exact) mass is 515 g/mol. The second-order valence-electron chi connectivity index (χ2n) is 8.90. The maximum atomic E-state index is 13.8. The first-order chi connectivity index (χ1) is 15.6. The first kappa shape index (κ1) is 27.5. The van der Waals surface area contributed by atoms with E-state index in [4.69, 9.17) is 11.6 Å². The van der Waals surface area contributed by atoms with Gasteiger partial charge in [-0.15, -0.1) is 0 Å². The van der Waals surface area contributed by atoms with E-state index >= 15 is 0 Å². The molecule has 0 aromatic heterocycles. The number of nitrogens with one attached hydrogen (secondary N) is 1. The predicted molar refractivity (Wildman–Crippen MR) is 128 cm³/mol. The average Bonchev–Trinajstić information content (AvgIpc) is 2.70. The summed E-state index contributed by atoms with van der Waals surface area (Å²) in [6, 6.07) is 8.27. The van der Waals surface area contributed by atoms with Crippen molar-refractivity contribution >= 4 is 39.1 Å². The Balaban J connectivity index is 2.44. The second-order valence-corrected chi connectivity index (χ2v) is 11.2. The number of carbonyl (C=O) groups excluding carboxylic acids is 2. The number of halogens is 3. The normalized spacial score (nSPS) is 12.7. The number of nitrogens with zero attached hydrogens (tertiary/aromatic N) is 2. The Kier molecular flexibility index (Phi) is 8.65. The summed E-state index contributed by atoms with van der Waals surface area (Å²) in [5.74, 6) is -3.60. The minimum Gasteiger partial charge on any atom is -0.350 e. The highest BCUT2D eigenvalue weighted by Crippen LogP contribution is 2.23. The van der Waals surface area contributed by atoms with Crippen molar-refractivity contribution in [2.45, 2.75) is 45.8 Å². The van der Waals surface area contributed by atoms with Gasteiger partial charge in [-0.05, 0) is 51.5 Å². The standard InChI is InChI=1S/C23H28ClF2N3O4S/c1-15(22(31)27-23(2,3)4)28(13-16-8-6-7-9-18(16)24)21(30)14-29(34(5,32)33)17-10-11-19(25)20(26)12-17/h6-12,15H,13-14H2,1-5H3,(H,27,31)/t15-/m1/s1. The molecule has 2 aromatic rings. The molecule has 0 spiro atoms. The summed E-state index contributed by atoms with van der Waals surface area (Å²) < 4.78 is 52.7. The predicted octanol–water partition coefficient (Wildman–Crippen LogP) is 3.72. The zero-order chi connectivity index (χ0) is 25.8. The quantitative estimate of drug-likeness (QED) is 0.580. The van der Waals surface area contributed by atoms with Crippen molar-refractivity contribution in [3.63, 3.8) is 0 Å². The maximum absolute atomic E-state index is 13.8. The molecule has 0 aliphatic carbocycles. The number of hydrogen-bond acceptors (Lipinski definition) is 4. The van der Waals surface area contributed by atoms with Gasteiger partial charge in [0.1, 0.15) is 12.6 Å². The summed E-state index contributed by atoms with van der Waals surface area (Å²) in [5.41, 5.74) is -0.250. The summed E-state index contributed by atoms with van der Waals surface area (Å²) in [4.78, 5) is 27.4. The molecule has 0 bridgehead atoms. The molecule has 0 fully saturated rings. The molecule has 7 nitrogen and oxygen atoms in total. The van der Waals surface area contributed by atoms with E-state index in [-0.39, 0.29) is 12.2 Å². The van der Waals surface area contributed by atoms with E-state index in [1.54, 1.807) is 45.0 Å². The molecule has 2 aromatic carbocycles. The van der Waals surface area contributed by atoms with E-state index in [2.05, 4.69) is 5.32 Å². The van der Waals surface area contributed by atoms with Crippen molar-refractivity contribution in [3.05, 3.63) is 64.7 Å². The highest BCUT2D eigenvalue weighted by atomic mass is 35.5. The van der Waals surface area contributed by atoms with Gasteiger partial charge < -0.3 is 10.2 Å². The van der Waals surface area contributed by atoms with Gasteiger partial charge in [0.2, 0.25) is 21.8 Å². The van der Waals surface area contributed by atoms with Crippen LogP contribution in [0.4, 0.5) is 14.5 Å². The minimum absolute atomic E-state index is 0.0768. The van der Waals surface area contributed by atoms with Gasteiger partial charge in [-0.25, -0.2) is 17.2 Å². The Bertz CT molecular complexity index is 1170. The number of carbonyl (C=O) groups is 2. The van der Waals surface area contributed by atoms with Crippen LogP contribution in [0.5, 0.6) is 0 Å². The van der Waals surface area contributed by atoms with Crippen molar-refractivity contribution in [1.82, 2.24) is 10.2 Å². The van der Waals surface area contributed by atoms with Gasteiger partial charge in [-0.1, -0.05) is 29.8 Å². The number of hydrogen-bond donors (Lipinski definition) is 1. The minimum atomic E-state index is -4.06. The highest BCUT2D eigenvalue weighted by Gasteiger charge is 2.32. The molecule has 0 radical (unpaired) electrons. The van der Waals surface area contributed by atoms with E-state index < -0.39 is 51.6 Å². The molecule has 0 saturated heterocycles. The fraction of sp³-hybridized carbons (Fsp3) is 0.391. The fourth-order valence-electron chi connectivity index (χ4n) is 3.12. The largest absolute Gasteiger partial charge is 0.350 e. The van der Waals surface area contributed by atoms with Crippen LogP contribution in [0, 0.1) is 11.6 Å². The van der Waals surface area contributed by atoms with Crippen LogP contribution in [0.1, 0.15) is 33.3 Å². The molecule has 0 heterocycles. The maximum Gasteiger partial charge on any atom is 0.244 e. The lowest BCUT2D eigenvalue weighted by Crippen LogP contribution is -2.54. The smallest absolute Gasteiger partial charge is 0.244 e. The molecule has 1 atom stereocenters. The molecule has 2 rings (SSSR count). The number of benzene rings is 2. The van der Waals surface area contributed by atoms with Gasteiger partial charge in [0, 0.05) is 23.2 Å². The first-order valence-corrected chi connectivity index (χ1v) is 12.6. The molecule has 186 valence electrons. The molecule has 34 heavy (non-hydrogen) atoms. The van der Waals surface area contributed by atoms with E-state index in [0.717, 1.165) is 18.4 Å². The molecule has 0 aliphatic rings. The zero-order valence-corrected chi connectivity index (χ0v) is 21.2. The van der Waals surface area contributed by atoms with Crippen LogP contribution in [0.3, 0.4) is 0 Å². The van der Waals surface area contributed by atoms with Crippen LogP contribution in [0.15, 0.2) is 42.5 Å². The number of amides is 2. The van der Waals surface area contributed by atoms with Crippen molar-refractivity contribution in [2.75, 3.05) is 17.1 Å². The Morgan fingerprint density at radius 1 is 1.09 bits per heavy atom. The van der Waals surface area contributed by atoms with Crippen LogP contribution in [-0.2, 0) is 26.2 Å². The van der Waals surface area contributed by atoms with Gasteiger partial charge in [0.25, 0.3) is 0 Å². The van der Waals surface area contributed by atoms with Crippen LogP contribution in [0.25, 0.3) is 0 Å². The third-order valence-electron chi connectivity index (χ3n) is 4.83. The average molecular weight is 516 g/mol. The van der Waals surface area contributed by atoms with Gasteiger partial charge in [-0.3, -0.25) is 13.9 Å². The fourth-order valence-corrected chi connectivity index (χ4v) is 4.16. The summed E-state index contributed by atoms with van der Waals surface area (Å²) in [6.45, 7) is 6.05. The van der Waals surface area contributed by atoms with Crippen LogP contribution < -0.4 is 9.62 Å². The third kappa shape index (κ3) is 7.39. The lowest BCUT2D eigenvalue weighted by molar-refractivity contribution is -0.140. The highest BCUT2D eigenvalue weighted by molar-refractivity contribution is 7.92. The van der Waals surface area contributed by atoms with Crippen molar-refractivity contribution in [3.8, 4) is 0 Å². The van der Waals surface area contributed by atoms with E-state index in [9.17, 15) is 26.8 Å². The molecule has 11 heteroatoms. The van der Waals surface area contributed by atoms with Crippen LogP contribution in [-0.4, -0.2) is 49.5 Å². The van der Waals surface area contributed by atoms with E-state index in [1.807, 2.05) is 0 Å². The summed E-state index contributed by atoms with van der Waals surface area (Å²) in [6.07, 6.45) is 0.843. The van der Waals surface area contributed by atoms with Crippen LogP contribution >= 0.6 is 11.6 Å². The Hall–Kier alpha value is -2.72. The van der Waals surface area contributed by atoms with Gasteiger partial charge in [-0.2, -0.15) is 0 Å². The summed E-state index contributed by atoms with van der Waals surface area (Å²) in [7, 11) is -4.06. The third-order valence-corrected chi connectivity index (χ3v) is 6.34. The molecule has 0 saturated carbocycles. The summed E-state index contributed by atoms with van der Waals surface area (Å²) >= 11 is 6.25. The number of rotatable bonds is 8. The zero-order valence-electron chi connectivity index (χ0n) is 19.6. The van der Waals surface area contributed by atoms with E-state index in [0.29, 0.717) is 21.0 Å². The first-order valence-electron chi connectivity index (χ1n) is 10.4. The molecule has 1 N–H and O–H groups in total. The second kappa shape index (κ2) is 10.7. The Morgan fingerprint density at radius 3 is 2.24 bits per heavy atom. The Morgan fingerprint density at radius 2 is 1.71 bits per heavy atom. The number of anilines is 1. The summed E-state index contributed by atoms with van der Waals surface area (Å²) in [5, 5.41) is 3.16. The molecule has 0 aliphatic heterocycles. The molecule has 0 unspecified atom stereocenters. The molecular weight excluding hydrogens is 488 g/mol. The van der Waals surface area contributed by atoms with Crippen molar-refractivity contribution in [2.24, 2.45) is 0 Å². The molecule has 2 amide bonds. The van der Waals surface area contributed by atoms with Gasteiger partial charge in [0.15, 0.2) is 11.6 Å². The van der Waals surface area contributed by atoms with Gasteiger partial charge in [0.05, 0.1) is 11.9 Å². The van der Waals surface area contributed by atoms with Crippen molar-refractivity contribution in [1.29, 1.82) is 0 Å².